The highest BCUT2D eigenvalue weighted by Crippen LogP contribution is 2.22. The van der Waals surface area contributed by atoms with Gasteiger partial charge in [-0.2, -0.15) is 4.99 Å². The summed E-state index contributed by atoms with van der Waals surface area (Å²) in [6.45, 7) is 2.06. The SMILES string of the molecule is C#CCn1c(=NC(=O)c2cc(C)on2)sc2cc(Br)ccc21. The minimum absolute atomic E-state index is 0.184. The molecule has 22 heavy (non-hydrogen) atoms. The summed E-state index contributed by atoms with van der Waals surface area (Å²) in [7, 11) is 0. The summed E-state index contributed by atoms with van der Waals surface area (Å²) in [4.78, 5) is 16.8. The van der Waals surface area contributed by atoms with Crippen LogP contribution in [-0.4, -0.2) is 15.6 Å². The van der Waals surface area contributed by atoms with Gasteiger partial charge in [0.25, 0.3) is 0 Å². The molecular weight excluding hydrogens is 366 g/mol. The lowest BCUT2D eigenvalue weighted by Gasteiger charge is -1.99. The molecule has 110 valence electrons. The fraction of sp³-hybridized carbons (Fsp3) is 0.133. The molecule has 7 heteroatoms. The van der Waals surface area contributed by atoms with E-state index < -0.39 is 5.91 Å². The maximum Gasteiger partial charge on any atom is 0.301 e. The fourth-order valence-corrected chi connectivity index (χ4v) is 3.57. The summed E-state index contributed by atoms with van der Waals surface area (Å²) >= 11 is 4.83. The minimum atomic E-state index is -0.451. The molecule has 3 rings (SSSR count). The third-order valence-corrected chi connectivity index (χ3v) is 4.47. The predicted octanol–water partition coefficient (Wildman–Crippen LogP) is 3.14. The number of nitrogens with zero attached hydrogens (tertiary/aromatic N) is 3. The van der Waals surface area contributed by atoms with E-state index in [0.29, 0.717) is 17.1 Å². The Kier molecular flexibility index (Phi) is 3.96. The van der Waals surface area contributed by atoms with E-state index in [1.807, 2.05) is 22.8 Å². The van der Waals surface area contributed by atoms with Gasteiger partial charge in [0.2, 0.25) is 0 Å². The van der Waals surface area contributed by atoms with Crippen LogP contribution in [0.4, 0.5) is 0 Å². The van der Waals surface area contributed by atoms with Crippen molar-refractivity contribution in [1.82, 2.24) is 9.72 Å². The van der Waals surface area contributed by atoms with Crippen molar-refractivity contribution in [1.29, 1.82) is 0 Å². The predicted molar refractivity (Wildman–Crippen MR) is 87.5 cm³/mol. The first-order valence-electron chi connectivity index (χ1n) is 6.33. The molecule has 2 aromatic heterocycles. The molecule has 0 saturated heterocycles. The number of halogens is 1. The van der Waals surface area contributed by atoms with Gasteiger partial charge in [0.1, 0.15) is 5.76 Å². The van der Waals surface area contributed by atoms with Gasteiger partial charge in [-0.25, -0.2) is 0 Å². The van der Waals surface area contributed by atoms with Gasteiger partial charge in [0.05, 0.1) is 16.8 Å². The molecule has 3 aromatic rings. The van der Waals surface area contributed by atoms with Gasteiger partial charge >= 0.3 is 5.91 Å². The molecule has 0 saturated carbocycles. The van der Waals surface area contributed by atoms with E-state index in [9.17, 15) is 4.79 Å². The van der Waals surface area contributed by atoms with Crippen molar-refractivity contribution in [3.63, 3.8) is 0 Å². The van der Waals surface area contributed by atoms with E-state index >= 15 is 0 Å². The van der Waals surface area contributed by atoms with Crippen molar-refractivity contribution in [2.75, 3.05) is 0 Å². The summed E-state index contributed by atoms with van der Waals surface area (Å²) in [6.07, 6.45) is 5.43. The van der Waals surface area contributed by atoms with Crippen LogP contribution in [0, 0.1) is 19.3 Å². The number of hydrogen-bond acceptors (Lipinski definition) is 4. The molecule has 0 spiro atoms. The van der Waals surface area contributed by atoms with Crippen LogP contribution in [0.25, 0.3) is 10.2 Å². The van der Waals surface area contributed by atoms with Gasteiger partial charge in [-0.1, -0.05) is 38.3 Å². The Balaban J connectivity index is 2.17. The van der Waals surface area contributed by atoms with Gasteiger partial charge < -0.3 is 9.09 Å². The number of carbonyl (C=O) groups excluding carboxylic acids is 1. The molecule has 0 unspecified atom stereocenters. The van der Waals surface area contributed by atoms with Crippen LogP contribution < -0.4 is 4.80 Å². The number of thiazole rings is 1. The number of fused-ring (bicyclic) bond motifs is 1. The van der Waals surface area contributed by atoms with Crippen molar-refractivity contribution < 1.29 is 9.32 Å². The standard InChI is InChI=1S/C15H10BrN3O2S/c1-3-6-19-12-5-4-10(16)8-13(12)22-15(19)17-14(20)11-7-9(2)21-18-11/h1,4-5,7-8H,6H2,2H3. The molecule has 0 radical (unpaired) electrons. The highest BCUT2D eigenvalue weighted by atomic mass is 79.9. The van der Waals surface area contributed by atoms with Crippen molar-refractivity contribution >= 4 is 43.4 Å². The van der Waals surface area contributed by atoms with Crippen LogP contribution in [0.3, 0.4) is 0 Å². The normalized spacial score (nSPS) is 11.8. The summed E-state index contributed by atoms with van der Waals surface area (Å²) < 4.78 is 8.68. The summed E-state index contributed by atoms with van der Waals surface area (Å²) in [5.74, 6) is 2.70. The van der Waals surface area contributed by atoms with E-state index in [4.69, 9.17) is 10.9 Å². The number of aryl methyl sites for hydroxylation is 1. The summed E-state index contributed by atoms with van der Waals surface area (Å²) in [5, 5.41) is 3.68. The number of rotatable bonds is 2. The molecule has 0 aliphatic rings. The topological polar surface area (TPSA) is 60.4 Å². The van der Waals surface area contributed by atoms with E-state index in [2.05, 4.69) is 32.0 Å². The van der Waals surface area contributed by atoms with Crippen LogP contribution in [-0.2, 0) is 6.54 Å². The number of hydrogen-bond donors (Lipinski definition) is 0. The maximum absolute atomic E-state index is 12.2. The zero-order valence-corrected chi connectivity index (χ0v) is 13.9. The third-order valence-electron chi connectivity index (χ3n) is 2.94. The van der Waals surface area contributed by atoms with E-state index in [1.54, 1.807) is 13.0 Å². The van der Waals surface area contributed by atoms with E-state index in [0.717, 1.165) is 14.7 Å². The van der Waals surface area contributed by atoms with Crippen LogP contribution in [0.5, 0.6) is 0 Å². The Bertz CT molecular complexity index is 975. The van der Waals surface area contributed by atoms with Crippen LogP contribution in [0.1, 0.15) is 16.2 Å². The Morgan fingerprint density at radius 3 is 3.05 bits per heavy atom. The maximum atomic E-state index is 12.2. The molecule has 5 nitrogen and oxygen atoms in total. The summed E-state index contributed by atoms with van der Waals surface area (Å²) in [5.41, 5.74) is 1.12. The molecule has 0 bridgehead atoms. The van der Waals surface area contributed by atoms with Crippen LogP contribution in [0.2, 0.25) is 0 Å². The average molecular weight is 376 g/mol. The van der Waals surface area contributed by atoms with Gasteiger partial charge in [0, 0.05) is 10.5 Å². The first-order valence-corrected chi connectivity index (χ1v) is 7.94. The van der Waals surface area contributed by atoms with Crippen molar-refractivity contribution in [2.45, 2.75) is 13.5 Å². The zero-order valence-electron chi connectivity index (χ0n) is 11.5. The van der Waals surface area contributed by atoms with Crippen LogP contribution in [0.15, 0.2) is 38.3 Å². The lowest BCUT2D eigenvalue weighted by atomic mass is 10.3. The molecule has 0 N–H and O–H groups in total. The number of carbonyl (C=O) groups is 1. The number of aromatic nitrogens is 2. The Hall–Kier alpha value is -2.17. The Morgan fingerprint density at radius 2 is 2.36 bits per heavy atom. The third kappa shape index (κ3) is 2.75. The molecule has 1 aromatic carbocycles. The van der Waals surface area contributed by atoms with Gasteiger partial charge in [-0.15, -0.1) is 6.42 Å². The second-order valence-electron chi connectivity index (χ2n) is 4.53. The molecular formula is C15H10BrN3O2S. The number of amides is 1. The lowest BCUT2D eigenvalue weighted by Crippen LogP contribution is -2.16. The highest BCUT2D eigenvalue weighted by Gasteiger charge is 2.12. The van der Waals surface area contributed by atoms with Crippen molar-refractivity contribution in [3.05, 3.63) is 45.0 Å². The fourth-order valence-electron chi connectivity index (χ4n) is 1.99. The monoisotopic (exact) mass is 375 g/mol. The molecule has 0 atom stereocenters. The van der Waals surface area contributed by atoms with Gasteiger partial charge in [-0.3, -0.25) is 4.79 Å². The quantitative estimate of drug-likeness (QED) is 0.646. The Labute approximate surface area is 138 Å². The van der Waals surface area contributed by atoms with Crippen LogP contribution >= 0.6 is 27.3 Å². The van der Waals surface area contributed by atoms with Crippen molar-refractivity contribution in [2.24, 2.45) is 4.99 Å². The number of benzene rings is 1. The average Bonchev–Trinajstić information content (AvgIpc) is 3.04. The molecule has 0 aliphatic carbocycles. The second kappa shape index (κ2) is 5.91. The number of terminal acetylenes is 1. The smallest absolute Gasteiger partial charge is 0.301 e. The van der Waals surface area contributed by atoms with E-state index in [1.165, 1.54) is 11.3 Å². The highest BCUT2D eigenvalue weighted by molar-refractivity contribution is 9.10. The Morgan fingerprint density at radius 1 is 1.55 bits per heavy atom. The molecule has 1 amide bonds. The first kappa shape index (κ1) is 14.8. The van der Waals surface area contributed by atoms with Gasteiger partial charge in [0.15, 0.2) is 10.5 Å². The zero-order chi connectivity index (χ0) is 15.7. The molecule has 0 fully saturated rings. The largest absolute Gasteiger partial charge is 0.361 e. The van der Waals surface area contributed by atoms with Gasteiger partial charge in [-0.05, 0) is 25.1 Å². The summed E-state index contributed by atoms with van der Waals surface area (Å²) in [6, 6.07) is 7.39. The first-order chi connectivity index (χ1) is 10.6. The molecule has 2 heterocycles. The second-order valence-corrected chi connectivity index (χ2v) is 6.45. The van der Waals surface area contributed by atoms with E-state index in [-0.39, 0.29) is 5.69 Å². The molecule has 0 aliphatic heterocycles. The minimum Gasteiger partial charge on any atom is -0.361 e. The lowest BCUT2D eigenvalue weighted by molar-refractivity contribution is 0.0989. The van der Waals surface area contributed by atoms with Crippen molar-refractivity contribution in [3.8, 4) is 12.3 Å².